The van der Waals surface area contributed by atoms with Crippen molar-refractivity contribution in [2.24, 2.45) is 11.8 Å². The molecule has 0 aromatic rings. The van der Waals surface area contributed by atoms with Crippen LogP contribution in [0.15, 0.2) is 12.2 Å². The number of hydrogen-bond acceptors (Lipinski definition) is 3. The molecule has 0 radical (unpaired) electrons. The third-order valence-corrected chi connectivity index (χ3v) is 11.1. The van der Waals surface area contributed by atoms with Gasteiger partial charge in [-0.3, -0.25) is 0 Å². The largest absolute Gasteiger partial charge is 0.414 e. The number of ether oxygens (including phenoxy) is 2. The summed E-state index contributed by atoms with van der Waals surface area (Å²) in [6, 6.07) is 0. The summed E-state index contributed by atoms with van der Waals surface area (Å²) >= 11 is 2.42. The lowest BCUT2D eigenvalue weighted by molar-refractivity contribution is -0.148. The quantitative estimate of drug-likeness (QED) is 0.165. The summed E-state index contributed by atoms with van der Waals surface area (Å²) in [6.45, 7) is 22.2. The van der Waals surface area contributed by atoms with E-state index in [2.05, 4.69) is 89.4 Å². The van der Waals surface area contributed by atoms with Crippen LogP contribution in [0.1, 0.15) is 61.8 Å². The number of alkyl halides is 1. The van der Waals surface area contributed by atoms with E-state index in [9.17, 15) is 0 Å². The molecule has 1 saturated heterocycles. The molecule has 154 valence electrons. The predicted octanol–water partition coefficient (Wildman–Crippen LogP) is 6.57. The smallest absolute Gasteiger partial charge is 0.192 e. The van der Waals surface area contributed by atoms with E-state index < -0.39 is 14.1 Å². The van der Waals surface area contributed by atoms with Crippen LogP contribution in [0.2, 0.25) is 18.1 Å². The maximum atomic E-state index is 6.55. The lowest BCUT2D eigenvalue weighted by Crippen LogP contribution is -2.44. The lowest BCUT2D eigenvalue weighted by atomic mass is 9.95. The molecule has 3 nitrogen and oxygen atoms in total. The summed E-state index contributed by atoms with van der Waals surface area (Å²) in [5.41, 5.74) is 0. The summed E-state index contributed by atoms with van der Waals surface area (Å²) in [5, 5.41) is 0.241. The Labute approximate surface area is 176 Å². The molecule has 1 aliphatic heterocycles. The molecule has 0 aromatic heterocycles. The minimum absolute atomic E-state index is 0.125. The number of halogens is 1. The second-order valence-electron chi connectivity index (χ2n) is 9.80. The lowest BCUT2D eigenvalue weighted by Gasteiger charge is -2.39. The predicted molar refractivity (Wildman–Crippen MR) is 123 cm³/mol. The standard InChI is InChI=1S/C21H41IO3Si/c1-15(17(3)25-26(9,10)20(4,5)6)11-12-16(2)19-18(13-14-22)23-21(7,8)24-19/h11-12,15-19H,13-14H2,1-10H3/b12-11-/t15-,16?,17?,18+,19?/m1/s1. The van der Waals surface area contributed by atoms with Gasteiger partial charge < -0.3 is 13.9 Å². The molecule has 1 rings (SSSR count). The Morgan fingerprint density at radius 1 is 1.12 bits per heavy atom. The first-order chi connectivity index (χ1) is 11.7. The van der Waals surface area contributed by atoms with Gasteiger partial charge >= 0.3 is 0 Å². The average Bonchev–Trinajstić information content (AvgIpc) is 2.78. The molecule has 0 bridgehead atoms. The zero-order chi connectivity index (χ0) is 20.3. The van der Waals surface area contributed by atoms with Gasteiger partial charge in [0.2, 0.25) is 0 Å². The molecule has 0 saturated carbocycles. The second kappa shape index (κ2) is 9.38. The Morgan fingerprint density at radius 2 is 1.69 bits per heavy atom. The van der Waals surface area contributed by atoms with Crippen LogP contribution in [-0.4, -0.2) is 36.8 Å². The number of hydrogen-bond donors (Lipinski definition) is 0. The van der Waals surface area contributed by atoms with Crippen molar-refractivity contribution in [3.8, 4) is 0 Å². The van der Waals surface area contributed by atoms with Crippen LogP contribution in [0.25, 0.3) is 0 Å². The highest BCUT2D eigenvalue weighted by Crippen LogP contribution is 2.38. The van der Waals surface area contributed by atoms with E-state index in [1.54, 1.807) is 0 Å². The molecular formula is C21H41IO3Si. The topological polar surface area (TPSA) is 27.7 Å². The van der Waals surface area contributed by atoms with E-state index >= 15 is 0 Å². The third kappa shape index (κ3) is 6.87. The first-order valence-corrected chi connectivity index (χ1v) is 14.4. The van der Waals surface area contributed by atoms with Crippen LogP contribution < -0.4 is 0 Å². The van der Waals surface area contributed by atoms with Gasteiger partial charge in [-0.25, -0.2) is 0 Å². The Morgan fingerprint density at radius 3 is 2.19 bits per heavy atom. The molecular weight excluding hydrogens is 455 g/mol. The molecule has 5 atom stereocenters. The maximum Gasteiger partial charge on any atom is 0.192 e. The van der Waals surface area contributed by atoms with Gasteiger partial charge in [-0.2, -0.15) is 0 Å². The molecule has 3 unspecified atom stereocenters. The fourth-order valence-electron chi connectivity index (χ4n) is 3.00. The zero-order valence-corrected chi connectivity index (χ0v) is 21.7. The monoisotopic (exact) mass is 496 g/mol. The first kappa shape index (κ1) is 24.6. The highest BCUT2D eigenvalue weighted by atomic mass is 127. The molecule has 0 spiro atoms. The van der Waals surface area contributed by atoms with Crippen LogP contribution >= 0.6 is 22.6 Å². The van der Waals surface area contributed by atoms with Gasteiger partial charge in [0, 0.05) is 16.4 Å². The van der Waals surface area contributed by atoms with Crippen LogP contribution in [0.5, 0.6) is 0 Å². The molecule has 5 heteroatoms. The maximum absolute atomic E-state index is 6.55. The molecule has 1 aliphatic rings. The SMILES string of the molecule is CC(/C=C\[C@@H](C)C(C)O[Si](C)(C)C(C)(C)C)C1OC(C)(C)O[C@H]1CCI. The van der Waals surface area contributed by atoms with Gasteiger partial charge in [0.15, 0.2) is 14.1 Å². The molecule has 1 fully saturated rings. The summed E-state index contributed by atoms with van der Waals surface area (Å²) in [7, 11) is -1.73. The highest BCUT2D eigenvalue weighted by molar-refractivity contribution is 14.1. The van der Waals surface area contributed by atoms with Crippen molar-refractivity contribution >= 4 is 30.9 Å². The molecule has 26 heavy (non-hydrogen) atoms. The fraction of sp³-hybridized carbons (Fsp3) is 0.905. The summed E-state index contributed by atoms with van der Waals surface area (Å²) in [4.78, 5) is 0. The highest BCUT2D eigenvalue weighted by Gasteiger charge is 2.43. The Kier molecular flexibility index (Phi) is 8.87. The van der Waals surface area contributed by atoms with E-state index in [0.717, 1.165) is 10.8 Å². The van der Waals surface area contributed by atoms with E-state index in [0.29, 0.717) is 11.8 Å². The normalized spacial score (nSPS) is 27.7. The van der Waals surface area contributed by atoms with Crippen molar-refractivity contribution in [3.63, 3.8) is 0 Å². The molecule has 0 N–H and O–H groups in total. The van der Waals surface area contributed by atoms with E-state index in [4.69, 9.17) is 13.9 Å². The molecule has 0 aliphatic carbocycles. The summed E-state index contributed by atoms with van der Waals surface area (Å²) < 4.78 is 19.9. The van der Waals surface area contributed by atoms with Crippen LogP contribution in [0.4, 0.5) is 0 Å². The van der Waals surface area contributed by atoms with Crippen LogP contribution in [0, 0.1) is 11.8 Å². The Hall–Kier alpha value is 0.567. The Bertz CT molecular complexity index is 470. The minimum Gasteiger partial charge on any atom is -0.414 e. The van der Waals surface area contributed by atoms with Crippen LogP contribution in [0.3, 0.4) is 0 Å². The van der Waals surface area contributed by atoms with Crippen molar-refractivity contribution in [1.82, 2.24) is 0 Å². The van der Waals surface area contributed by atoms with Gasteiger partial charge in [0.1, 0.15) is 0 Å². The van der Waals surface area contributed by atoms with E-state index in [-0.39, 0.29) is 23.4 Å². The van der Waals surface area contributed by atoms with Gasteiger partial charge in [-0.1, -0.05) is 69.4 Å². The summed E-state index contributed by atoms with van der Waals surface area (Å²) in [5.74, 6) is 0.227. The van der Waals surface area contributed by atoms with E-state index in [1.807, 2.05) is 13.8 Å². The van der Waals surface area contributed by atoms with Crippen molar-refractivity contribution in [1.29, 1.82) is 0 Å². The van der Waals surface area contributed by atoms with E-state index in [1.165, 1.54) is 0 Å². The third-order valence-electron chi connectivity index (χ3n) is 5.88. The minimum atomic E-state index is -1.73. The fourth-order valence-corrected chi connectivity index (χ4v) is 5.12. The zero-order valence-electron chi connectivity index (χ0n) is 18.6. The molecule has 0 amide bonds. The van der Waals surface area contributed by atoms with Crippen molar-refractivity contribution in [2.75, 3.05) is 4.43 Å². The van der Waals surface area contributed by atoms with Gasteiger partial charge in [-0.15, -0.1) is 0 Å². The van der Waals surface area contributed by atoms with Gasteiger partial charge in [0.05, 0.1) is 12.2 Å². The van der Waals surface area contributed by atoms with Crippen LogP contribution in [-0.2, 0) is 13.9 Å². The summed E-state index contributed by atoms with van der Waals surface area (Å²) in [6.07, 6.45) is 6.16. The van der Waals surface area contributed by atoms with Gasteiger partial charge in [0.25, 0.3) is 0 Å². The second-order valence-corrected chi connectivity index (χ2v) is 15.6. The van der Waals surface area contributed by atoms with Crippen molar-refractivity contribution in [3.05, 3.63) is 12.2 Å². The Balaban J connectivity index is 2.70. The number of rotatable bonds is 8. The average molecular weight is 497 g/mol. The molecule has 0 aromatic carbocycles. The van der Waals surface area contributed by atoms with Crippen molar-refractivity contribution < 1.29 is 13.9 Å². The molecule has 1 heterocycles. The first-order valence-electron chi connectivity index (χ1n) is 9.98. The van der Waals surface area contributed by atoms with Gasteiger partial charge in [-0.05, 0) is 51.2 Å². The van der Waals surface area contributed by atoms with Crippen molar-refractivity contribution in [2.45, 2.75) is 104 Å².